The molecule has 1 atom stereocenters. The number of carbonyl (C=O) groups is 1. The molecule has 0 bridgehead atoms. The number of nitrogens with zero attached hydrogens (tertiary/aromatic N) is 1. The summed E-state index contributed by atoms with van der Waals surface area (Å²) in [6.45, 7) is 0. The molecule has 1 amide bonds. The first-order chi connectivity index (χ1) is 8.34. The van der Waals surface area contributed by atoms with Crippen molar-refractivity contribution in [2.45, 2.75) is 12.3 Å². The van der Waals surface area contributed by atoms with Crippen molar-refractivity contribution in [1.82, 2.24) is 4.98 Å². The van der Waals surface area contributed by atoms with Gasteiger partial charge in [-0.3, -0.25) is 4.79 Å². The Morgan fingerprint density at radius 2 is 1.94 bits per heavy atom. The molecule has 0 saturated carbocycles. The van der Waals surface area contributed by atoms with Crippen molar-refractivity contribution in [3.05, 3.63) is 59.8 Å². The number of benzene rings is 1. The van der Waals surface area contributed by atoms with Crippen molar-refractivity contribution >= 4 is 11.7 Å². The fourth-order valence-electron chi connectivity index (χ4n) is 2.19. The lowest BCUT2D eigenvalue weighted by Gasteiger charge is -2.23. The molecule has 1 N–H and O–H groups in total. The highest BCUT2D eigenvalue weighted by molar-refractivity contribution is 5.98. The Hall–Kier alpha value is -2.16. The molecule has 17 heavy (non-hydrogen) atoms. The maximum atomic E-state index is 12.0. The third-order valence-electron chi connectivity index (χ3n) is 3.08. The Bertz CT molecular complexity index is 551. The average molecular weight is 224 g/mol. The summed E-state index contributed by atoms with van der Waals surface area (Å²) in [7, 11) is 0. The van der Waals surface area contributed by atoms with Crippen LogP contribution in [0.3, 0.4) is 0 Å². The number of hydrogen-bond acceptors (Lipinski definition) is 2. The van der Waals surface area contributed by atoms with E-state index in [0.717, 1.165) is 17.5 Å². The Morgan fingerprint density at radius 3 is 2.76 bits per heavy atom. The molecule has 84 valence electrons. The number of nitrogens with one attached hydrogen (secondary N) is 1. The molecular formula is C14H12N2O. The predicted octanol–water partition coefficient (Wildman–Crippen LogP) is 2.36. The van der Waals surface area contributed by atoms with E-state index in [-0.39, 0.29) is 11.8 Å². The molecule has 1 aromatic carbocycles. The lowest BCUT2D eigenvalue weighted by molar-refractivity contribution is -0.117. The number of amides is 1. The zero-order valence-corrected chi connectivity index (χ0v) is 9.26. The van der Waals surface area contributed by atoms with E-state index in [2.05, 4.69) is 10.3 Å². The smallest absolute Gasteiger partial charge is 0.233 e. The summed E-state index contributed by atoms with van der Waals surface area (Å²) in [6.07, 6.45) is 2.42. The van der Waals surface area contributed by atoms with Crippen LogP contribution in [0.15, 0.2) is 48.7 Å². The molecule has 1 aromatic heterocycles. The second-order valence-corrected chi connectivity index (χ2v) is 4.17. The molecule has 2 heterocycles. The van der Waals surface area contributed by atoms with Gasteiger partial charge >= 0.3 is 0 Å². The van der Waals surface area contributed by atoms with Crippen LogP contribution < -0.4 is 5.32 Å². The van der Waals surface area contributed by atoms with Gasteiger partial charge in [0.25, 0.3) is 0 Å². The van der Waals surface area contributed by atoms with Crippen LogP contribution >= 0.6 is 0 Å². The van der Waals surface area contributed by atoms with Crippen molar-refractivity contribution in [3.63, 3.8) is 0 Å². The van der Waals surface area contributed by atoms with E-state index in [1.807, 2.05) is 42.5 Å². The second kappa shape index (κ2) is 4.01. The van der Waals surface area contributed by atoms with E-state index in [0.29, 0.717) is 5.82 Å². The van der Waals surface area contributed by atoms with Gasteiger partial charge in [0, 0.05) is 6.20 Å². The average Bonchev–Trinajstić information content (AvgIpc) is 2.39. The van der Waals surface area contributed by atoms with Crippen molar-refractivity contribution in [2.24, 2.45) is 0 Å². The van der Waals surface area contributed by atoms with E-state index in [4.69, 9.17) is 0 Å². The minimum atomic E-state index is -0.104. The van der Waals surface area contributed by atoms with Crippen LogP contribution in [0.2, 0.25) is 0 Å². The van der Waals surface area contributed by atoms with Gasteiger partial charge in [0.05, 0.1) is 5.92 Å². The van der Waals surface area contributed by atoms with Crippen molar-refractivity contribution in [3.8, 4) is 0 Å². The molecule has 0 radical (unpaired) electrons. The zero-order chi connectivity index (χ0) is 11.7. The lowest BCUT2D eigenvalue weighted by atomic mass is 9.89. The summed E-state index contributed by atoms with van der Waals surface area (Å²) in [6, 6.07) is 13.8. The Labute approximate surface area is 99.5 Å². The normalized spacial score (nSPS) is 18.4. The first-order valence-electron chi connectivity index (χ1n) is 5.64. The van der Waals surface area contributed by atoms with Crippen molar-refractivity contribution in [2.75, 3.05) is 5.32 Å². The molecular weight excluding hydrogens is 212 g/mol. The van der Waals surface area contributed by atoms with Crippen LogP contribution in [0, 0.1) is 0 Å². The molecule has 0 saturated heterocycles. The van der Waals surface area contributed by atoms with Crippen LogP contribution in [0.25, 0.3) is 0 Å². The van der Waals surface area contributed by atoms with Gasteiger partial charge in [0.2, 0.25) is 5.91 Å². The minimum absolute atomic E-state index is 0.0300. The SMILES string of the molecule is O=C1Nc2ncccc2CC1c1ccccc1. The molecule has 0 fully saturated rings. The predicted molar refractivity (Wildman–Crippen MR) is 65.8 cm³/mol. The summed E-state index contributed by atoms with van der Waals surface area (Å²) in [4.78, 5) is 16.2. The Morgan fingerprint density at radius 1 is 1.12 bits per heavy atom. The number of hydrogen-bond donors (Lipinski definition) is 1. The first-order valence-corrected chi connectivity index (χ1v) is 5.64. The zero-order valence-electron chi connectivity index (χ0n) is 9.26. The number of rotatable bonds is 1. The number of pyridine rings is 1. The van der Waals surface area contributed by atoms with Gasteiger partial charge < -0.3 is 5.32 Å². The van der Waals surface area contributed by atoms with Gasteiger partial charge in [0.1, 0.15) is 5.82 Å². The first kappa shape index (κ1) is 10.0. The van der Waals surface area contributed by atoms with Gasteiger partial charge in [-0.25, -0.2) is 4.98 Å². The molecule has 0 aliphatic carbocycles. The molecule has 3 nitrogen and oxygen atoms in total. The lowest BCUT2D eigenvalue weighted by Crippen LogP contribution is -2.28. The van der Waals surface area contributed by atoms with Crippen LogP contribution in [0.1, 0.15) is 17.0 Å². The maximum Gasteiger partial charge on any atom is 0.233 e. The number of aromatic nitrogens is 1. The highest BCUT2D eigenvalue weighted by Crippen LogP contribution is 2.29. The summed E-state index contributed by atoms with van der Waals surface area (Å²) in [5, 5.41) is 2.86. The highest BCUT2D eigenvalue weighted by atomic mass is 16.2. The maximum absolute atomic E-state index is 12.0. The molecule has 2 aromatic rings. The molecule has 1 aliphatic rings. The second-order valence-electron chi connectivity index (χ2n) is 4.17. The number of anilines is 1. The largest absolute Gasteiger partial charge is 0.310 e. The fourth-order valence-corrected chi connectivity index (χ4v) is 2.19. The van der Waals surface area contributed by atoms with Gasteiger partial charge in [0.15, 0.2) is 0 Å². The van der Waals surface area contributed by atoms with E-state index in [1.165, 1.54) is 0 Å². The van der Waals surface area contributed by atoms with Crippen LogP contribution in [0.5, 0.6) is 0 Å². The Kier molecular flexibility index (Phi) is 2.37. The van der Waals surface area contributed by atoms with Crippen molar-refractivity contribution in [1.29, 1.82) is 0 Å². The van der Waals surface area contributed by atoms with E-state index < -0.39 is 0 Å². The molecule has 3 rings (SSSR count). The van der Waals surface area contributed by atoms with Gasteiger partial charge in [-0.1, -0.05) is 36.4 Å². The van der Waals surface area contributed by atoms with Crippen LogP contribution in [0.4, 0.5) is 5.82 Å². The molecule has 3 heteroatoms. The van der Waals surface area contributed by atoms with E-state index >= 15 is 0 Å². The molecule has 1 aliphatic heterocycles. The third-order valence-corrected chi connectivity index (χ3v) is 3.08. The standard InChI is InChI=1S/C14H12N2O/c17-14-12(10-5-2-1-3-6-10)9-11-7-4-8-15-13(11)16-14/h1-8,12H,9H2,(H,15,16,17). The number of carbonyl (C=O) groups excluding carboxylic acids is 1. The van der Waals surface area contributed by atoms with Crippen molar-refractivity contribution < 1.29 is 4.79 Å². The highest BCUT2D eigenvalue weighted by Gasteiger charge is 2.27. The fraction of sp³-hybridized carbons (Fsp3) is 0.143. The van der Waals surface area contributed by atoms with Gasteiger partial charge in [-0.2, -0.15) is 0 Å². The third kappa shape index (κ3) is 1.80. The quantitative estimate of drug-likeness (QED) is 0.808. The summed E-state index contributed by atoms with van der Waals surface area (Å²) in [5.41, 5.74) is 2.15. The van der Waals surface area contributed by atoms with Gasteiger partial charge in [-0.05, 0) is 23.6 Å². The van der Waals surface area contributed by atoms with E-state index in [9.17, 15) is 4.79 Å². The summed E-state index contributed by atoms with van der Waals surface area (Å²) >= 11 is 0. The van der Waals surface area contributed by atoms with Gasteiger partial charge in [-0.15, -0.1) is 0 Å². The molecule has 1 unspecified atom stereocenters. The monoisotopic (exact) mass is 224 g/mol. The molecule has 0 spiro atoms. The summed E-state index contributed by atoms with van der Waals surface area (Å²) in [5.74, 6) is 0.625. The van der Waals surface area contributed by atoms with Crippen LogP contribution in [-0.4, -0.2) is 10.9 Å². The topological polar surface area (TPSA) is 42.0 Å². The Balaban J connectivity index is 1.98. The number of fused-ring (bicyclic) bond motifs is 1. The summed E-state index contributed by atoms with van der Waals surface area (Å²) < 4.78 is 0. The van der Waals surface area contributed by atoms with E-state index in [1.54, 1.807) is 6.20 Å². The van der Waals surface area contributed by atoms with Crippen LogP contribution in [-0.2, 0) is 11.2 Å². The minimum Gasteiger partial charge on any atom is -0.310 e.